The molecule has 1 aliphatic heterocycles. The molecule has 2 rings (SSSR count). The highest BCUT2D eigenvalue weighted by Gasteiger charge is 2.24. The monoisotopic (exact) mass is 277 g/mol. The molecule has 0 saturated carbocycles. The van der Waals surface area contributed by atoms with Crippen molar-refractivity contribution in [3.63, 3.8) is 0 Å². The summed E-state index contributed by atoms with van der Waals surface area (Å²) in [5, 5.41) is 13.6. The third-order valence-electron chi connectivity index (χ3n) is 3.30. The first-order valence-electron chi connectivity index (χ1n) is 6.27. The Morgan fingerprint density at radius 3 is 2.90 bits per heavy atom. The first-order valence-corrected chi connectivity index (χ1v) is 6.27. The molecular formula is C13H15N3O4. The molecule has 1 unspecified atom stereocenters. The van der Waals surface area contributed by atoms with Crippen LogP contribution in [0.15, 0.2) is 18.2 Å². The number of amides is 1. The standard InChI is InChI=1S/C13H15N3O4/c1-9(18)14-11-4-5-15(7-11)12-2-3-13(16(19)20)10(6-12)8-17/h2-3,6,8,11H,4-5,7H2,1H3,(H,14,18). The molecule has 1 fully saturated rings. The van der Waals surface area contributed by atoms with Gasteiger partial charge in [0.1, 0.15) is 0 Å². The minimum absolute atomic E-state index is 0.0653. The molecule has 20 heavy (non-hydrogen) atoms. The molecule has 1 atom stereocenters. The van der Waals surface area contributed by atoms with Crippen LogP contribution < -0.4 is 10.2 Å². The second-order valence-corrected chi connectivity index (χ2v) is 4.75. The number of nitrogens with zero attached hydrogens (tertiary/aromatic N) is 2. The van der Waals surface area contributed by atoms with Gasteiger partial charge in [-0.15, -0.1) is 0 Å². The average Bonchev–Trinajstić information content (AvgIpc) is 2.85. The minimum atomic E-state index is -0.572. The lowest BCUT2D eigenvalue weighted by Gasteiger charge is -2.19. The first kappa shape index (κ1) is 14.0. The van der Waals surface area contributed by atoms with Crippen molar-refractivity contribution < 1.29 is 14.5 Å². The second kappa shape index (κ2) is 5.68. The van der Waals surface area contributed by atoms with Crippen molar-refractivity contribution in [2.75, 3.05) is 18.0 Å². The van der Waals surface area contributed by atoms with E-state index in [1.807, 2.05) is 4.90 Å². The highest BCUT2D eigenvalue weighted by Crippen LogP contribution is 2.26. The zero-order valence-corrected chi connectivity index (χ0v) is 11.0. The van der Waals surface area contributed by atoms with Gasteiger partial charge in [0, 0.05) is 37.8 Å². The molecule has 106 valence electrons. The van der Waals surface area contributed by atoms with E-state index < -0.39 is 4.92 Å². The summed E-state index contributed by atoms with van der Waals surface area (Å²) in [4.78, 5) is 34.1. The zero-order valence-electron chi connectivity index (χ0n) is 11.0. The lowest BCUT2D eigenvalue weighted by atomic mass is 10.1. The van der Waals surface area contributed by atoms with Gasteiger partial charge in [-0.1, -0.05) is 0 Å². The van der Waals surface area contributed by atoms with Crippen molar-refractivity contribution in [3.05, 3.63) is 33.9 Å². The Hall–Kier alpha value is -2.44. The average molecular weight is 277 g/mol. The topological polar surface area (TPSA) is 92.6 Å². The number of rotatable bonds is 4. The molecule has 0 radical (unpaired) electrons. The summed E-state index contributed by atoms with van der Waals surface area (Å²) in [5.41, 5.74) is 0.627. The van der Waals surface area contributed by atoms with Gasteiger partial charge in [-0.05, 0) is 18.6 Å². The maximum atomic E-state index is 11.0. The van der Waals surface area contributed by atoms with Crippen molar-refractivity contribution in [2.45, 2.75) is 19.4 Å². The van der Waals surface area contributed by atoms with E-state index in [1.165, 1.54) is 19.1 Å². The minimum Gasteiger partial charge on any atom is -0.369 e. The molecule has 1 saturated heterocycles. The Balaban J connectivity index is 2.16. The molecular weight excluding hydrogens is 262 g/mol. The third-order valence-corrected chi connectivity index (χ3v) is 3.30. The van der Waals surface area contributed by atoms with Crippen molar-refractivity contribution in [1.29, 1.82) is 0 Å². The quantitative estimate of drug-likeness (QED) is 0.506. The Morgan fingerprint density at radius 1 is 1.55 bits per heavy atom. The number of hydrogen-bond acceptors (Lipinski definition) is 5. The van der Waals surface area contributed by atoms with E-state index in [9.17, 15) is 19.7 Å². The summed E-state index contributed by atoms with van der Waals surface area (Å²) in [6.07, 6.45) is 1.30. The number of carbonyl (C=O) groups is 2. The van der Waals surface area contributed by atoms with Gasteiger partial charge in [0.25, 0.3) is 5.69 Å². The predicted octanol–water partition coefficient (Wildman–Crippen LogP) is 1.12. The molecule has 1 aromatic rings. The number of benzene rings is 1. The van der Waals surface area contributed by atoms with Crippen LogP contribution in [-0.2, 0) is 4.79 Å². The largest absolute Gasteiger partial charge is 0.369 e. The van der Waals surface area contributed by atoms with Gasteiger partial charge in [0.15, 0.2) is 6.29 Å². The van der Waals surface area contributed by atoms with Gasteiger partial charge in [0.05, 0.1) is 10.5 Å². The van der Waals surface area contributed by atoms with E-state index in [0.29, 0.717) is 12.8 Å². The molecule has 1 amide bonds. The molecule has 7 nitrogen and oxygen atoms in total. The van der Waals surface area contributed by atoms with E-state index in [-0.39, 0.29) is 23.2 Å². The van der Waals surface area contributed by atoms with E-state index in [0.717, 1.165) is 18.7 Å². The Morgan fingerprint density at radius 2 is 2.30 bits per heavy atom. The maximum absolute atomic E-state index is 11.0. The van der Waals surface area contributed by atoms with E-state index >= 15 is 0 Å². The number of nitrogens with one attached hydrogen (secondary N) is 1. The Bertz CT molecular complexity index is 559. The summed E-state index contributed by atoms with van der Waals surface area (Å²) in [7, 11) is 0. The van der Waals surface area contributed by atoms with Gasteiger partial charge in [-0.2, -0.15) is 0 Å². The second-order valence-electron chi connectivity index (χ2n) is 4.75. The van der Waals surface area contributed by atoms with Crippen LogP contribution >= 0.6 is 0 Å². The molecule has 1 N–H and O–H groups in total. The van der Waals surface area contributed by atoms with E-state index in [1.54, 1.807) is 6.07 Å². The van der Waals surface area contributed by atoms with Crippen molar-refractivity contribution >= 4 is 23.6 Å². The van der Waals surface area contributed by atoms with Gasteiger partial charge in [-0.3, -0.25) is 19.7 Å². The van der Waals surface area contributed by atoms with Crippen LogP contribution in [0, 0.1) is 10.1 Å². The number of hydrogen-bond donors (Lipinski definition) is 1. The highest BCUT2D eigenvalue weighted by molar-refractivity contribution is 5.83. The summed E-state index contributed by atoms with van der Waals surface area (Å²) >= 11 is 0. The Labute approximate surface area is 115 Å². The summed E-state index contributed by atoms with van der Waals surface area (Å²) in [6, 6.07) is 4.55. The van der Waals surface area contributed by atoms with E-state index in [2.05, 4.69) is 5.32 Å². The number of aldehydes is 1. The van der Waals surface area contributed by atoms with Crippen LogP contribution in [0.1, 0.15) is 23.7 Å². The molecule has 0 bridgehead atoms. The van der Waals surface area contributed by atoms with Crippen LogP contribution in [0.25, 0.3) is 0 Å². The summed E-state index contributed by atoms with van der Waals surface area (Å²) < 4.78 is 0. The SMILES string of the molecule is CC(=O)NC1CCN(c2ccc([N+](=O)[O-])c(C=O)c2)C1. The van der Waals surface area contributed by atoms with Gasteiger partial charge >= 0.3 is 0 Å². The summed E-state index contributed by atoms with van der Waals surface area (Å²) in [5.74, 6) is -0.0749. The van der Waals surface area contributed by atoms with Gasteiger partial charge in [0.2, 0.25) is 5.91 Å². The molecule has 1 aromatic carbocycles. The molecule has 1 heterocycles. The first-order chi connectivity index (χ1) is 9.51. The van der Waals surface area contributed by atoms with E-state index in [4.69, 9.17) is 0 Å². The molecule has 7 heteroatoms. The zero-order chi connectivity index (χ0) is 14.7. The number of nitro benzene ring substituents is 1. The van der Waals surface area contributed by atoms with Crippen molar-refractivity contribution in [2.24, 2.45) is 0 Å². The van der Waals surface area contributed by atoms with Crippen LogP contribution in [-0.4, -0.2) is 36.2 Å². The Kier molecular flexibility index (Phi) is 3.97. The van der Waals surface area contributed by atoms with Crippen molar-refractivity contribution in [3.8, 4) is 0 Å². The number of anilines is 1. The van der Waals surface area contributed by atoms with Crippen molar-refractivity contribution in [1.82, 2.24) is 5.32 Å². The lowest BCUT2D eigenvalue weighted by Crippen LogP contribution is -2.35. The normalized spacial score (nSPS) is 17.9. The number of carbonyl (C=O) groups excluding carboxylic acids is 2. The third kappa shape index (κ3) is 2.93. The predicted molar refractivity (Wildman–Crippen MR) is 72.9 cm³/mol. The van der Waals surface area contributed by atoms with Gasteiger partial charge < -0.3 is 10.2 Å². The molecule has 1 aliphatic rings. The summed E-state index contributed by atoms with van der Waals surface area (Å²) in [6.45, 7) is 2.84. The van der Waals surface area contributed by atoms with Crippen LogP contribution in [0.5, 0.6) is 0 Å². The van der Waals surface area contributed by atoms with Crippen LogP contribution in [0.3, 0.4) is 0 Å². The lowest BCUT2D eigenvalue weighted by molar-refractivity contribution is -0.385. The maximum Gasteiger partial charge on any atom is 0.280 e. The fourth-order valence-electron chi connectivity index (χ4n) is 2.40. The highest BCUT2D eigenvalue weighted by atomic mass is 16.6. The number of nitro groups is 1. The molecule has 0 aliphatic carbocycles. The smallest absolute Gasteiger partial charge is 0.280 e. The van der Waals surface area contributed by atoms with Crippen LogP contribution in [0.2, 0.25) is 0 Å². The van der Waals surface area contributed by atoms with Gasteiger partial charge in [-0.25, -0.2) is 0 Å². The molecule has 0 spiro atoms. The fraction of sp³-hybridized carbons (Fsp3) is 0.385. The fourth-order valence-corrected chi connectivity index (χ4v) is 2.40. The van der Waals surface area contributed by atoms with Crippen LogP contribution in [0.4, 0.5) is 11.4 Å². The molecule has 0 aromatic heterocycles.